The maximum atomic E-state index is 11.9. The summed E-state index contributed by atoms with van der Waals surface area (Å²) in [6, 6.07) is 23.0. The second-order valence-corrected chi connectivity index (χ2v) is 9.75. The van der Waals surface area contributed by atoms with Crippen LogP contribution in [0, 0.1) is 11.8 Å². The van der Waals surface area contributed by atoms with E-state index >= 15 is 0 Å². The Morgan fingerprint density at radius 2 is 1.80 bits per heavy atom. The molecule has 2 aliphatic carbocycles. The Kier molecular flexibility index (Phi) is 5.51. The summed E-state index contributed by atoms with van der Waals surface area (Å²) >= 11 is 0. The van der Waals surface area contributed by atoms with E-state index in [2.05, 4.69) is 46.5 Å². The molecule has 6 nitrogen and oxygen atoms in total. The summed E-state index contributed by atoms with van der Waals surface area (Å²) in [5.41, 5.74) is 4.43. The normalized spacial score (nSPS) is 23.0. The molecule has 2 saturated carbocycles. The molecule has 2 fully saturated rings. The molecule has 2 aliphatic rings. The van der Waals surface area contributed by atoms with Crippen LogP contribution < -0.4 is 10.5 Å². The van der Waals surface area contributed by atoms with Crippen molar-refractivity contribution in [2.24, 2.45) is 11.8 Å². The Morgan fingerprint density at radius 3 is 2.40 bits per heavy atom. The van der Waals surface area contributed by atoms with Crippen LogP contribution >= 0.6 is 0 Å². The van der Waals surface area contributed by atoms with Gasteiger partial charge in [-0.15, -0.1) is 5.10 Å². The highest BCUT2D eigenvalue weighted by Gasteiger charge is 2.52. The van der Waals surface area contributed by atoms with Gasteiger partial charge in [-0.05, 0) is 85.5 Å². The van der Waals surface area contributed by atoms with E-state index in [1.54, 1.807) is 6.20 Å². The van der Waals surface area contributed by atoms with Crippen LogP contribution in [0.1, 0.15) is 49.4 Å². The molecule has 178 valence electrons. The molecular weight excluding hydrogens is 438 g/mol. The minimum atomic E-state index is -0.415. The van der Waals surface area contributed by atoms with Crippen molar-refractivity contribution in [3.05, 3.63) is 100 Å². The van der Waals surface area contributed by atoms with Crippen LogP contribution in [0.3, 0.4) is 0 Å². The molecular formula is C29H29N3O3. The quantitative estimate of drug-likeness (QED) is 0.354. The van der Waals surface area contributed by atoms with Crippen LogP contribution in [0.25, 0.3) is 11.5 Å². The van der Waals surface area contributed by atoms with Gasteiger partial charge in [-0.3, -0.25) is 4.98 Å². The molecule has 35 heavy (non-hydrogen) atoms. The summed E-state index contributed by atoms with van der Waals surface area (Å²) in [4.78, 5) is 16.3. The Morgan fingerprint density at radius 1 is 1.03 bits per heavy atom. The van der Waals surface area contributed by atoms with E-state index in [9.17, 15) is 4.79 Å². The summed E-state index contributed by atoms with van der Waals surface area (Å²) in [5, 5.41) is 4.31. The van der Waals surface area contributed by atoms with Gasteiger partial charge < -0.3 is 9.15 Å². The van der Waals surface area contributed by atoms with E-state index < -0.39 is 5.76 Å². The average molecular weight is 468 g/mol. The van der Waals surface area contributed by atoms with Gasteiger partial charge in [-0.25, -0.2) is 4.79 Å². The van der Waals surface area contributed by atoms with E-state index in [-0.39, 0.29) is 5.41 Å². The fraction of sp³-hybridized carbons (Fsp3) is 0.345. The van der Waals surface area contributed by atoms with Crippen molar-refractivity contribution < 1.29 is 9.15 Å². The minimum Gasteiger partial charge on any atom is -0.487 e. The van der Waals surface area contributed by atoms with Crippen molar-refractivity contribution in [1.82, 2.24) is 14.8 Å². The zero-order valence-electron chi connectivity index (χ0n) is 19.9. The van der Waals surface area contributed by atoms with Crippen molar-refractivity contribution in [2.75, 3.05) is 0 Å². The summed E-state index contributed by atoms with van der Waals surface area (Å²) in [7, 11) is 0. The zero-order chi connectivity index (χ0) is 23.8. The van der Waals surface area contributed by atoms with Gasteiger partial charge in [-0.2, -0.15) is 4.68 Å². The number of aryl methyl sites for hydroxylation is 1. The number of fused-ring (bicyclic) bond motifs is 2. The van der Waals surface area contributed by atoms with E-state index in [1.165, 1.54) is 41.5 Å². The Bertz CT molecular complexity index is 1360. The topological polar surface area (TPSA) is 70.2 Å². The lowest BCUT2D eigenvalue weighted by Crippen LogP contribution is -2.34. The monoisotopic (exact) mass is 467 g/mol. The number of hydrogen-bond donors (Lipinski definition) is 0. The van der Waals surface area contributed by atoms with Crippen LogP contribution in [0.2, 0.25) is 0 Å². The summed E-state index contributed by atoms with van der Waals surface area (Å²) in [6.07, 6.45) is 6.84. The van der Waals surface area contributed by atoms with Crippen LogP contribution in [0.4, 0.5) is 0 Å². The SMILES string of the molecule is CCn1nc(-c2ccc(C3(c4ccc(OCc5ccccn5)cc4)CC4CCC3C4)cc2)oc1=O. The second kappa shape index (κ2) is 8.84. The van der Waals surface area contributed by atoms with Crippen molar-refractivity contribution in [3.63, 3.8) is 0 Å². The third-order valence-corrected chi connectivity index (χ3v) is 7.88. The summed E-state index contributed by atoms with van der Waals surface area (Å²) in [5.74, 6) is 2.23. The standard InChI is InChI=1S/C29H29N3O3/c1-2-32-28(33)35-27(31-32)21-7-10-22(11-8-21)29(18-20-6-9-24(29)17-20)23-12-14-26(15-13-23)34-19-25-5-3-4-16-30-25/h3-5,7-8,10-16,20,24H,2,6,9,17-19H2,1H3. The van der Waals surface area contributed by atoms with Crippen LogP contribution in [0.5, 0.6) is 5.75 Å². The molecule has 0 radical (unpaired) electrons. The lowest BCUT2D eigenvalue weighted by molar-refractivity contribution is 0.299. The fourth-order valence-electron chi connectivity index (χ4n) is 6.23. The number of aromatic nitrogens is 3. The third kappa shape index (κ3) is 3.87. The average Bonchev–Trinajstić information content (AvgIpc) is 3.63. The van der Waals surface area contributed by atoms with Gasteiger partial charge in [0.05, 0.1) is 5.69 Å². The number of hydrogen-bond acceptors (Lipinski definition) is 5. The maximum Gasteiger partial charge on any atom is 0.437 e. The highest BCUT2D eigenvalue weighted by molar-refractivity contribution is 5.55. The van der Waals surface area contributed by atoms with E-state index in [0.29, 0.717) is 25.0 Å². The molecule has 6 rings (SSSR count). The number of nitrogens with zero attached hydrogens (tertiary/aromatic N) is 3. The minimum absolute atomic E-state index is 0.00454. The van der Waals surface area contributed by atoms with Gasteiger partial charge in [0, 0.05) is 23.7 Å². The second-order valence-electron chi connectivity index (χ2n) is 9.75. The molecule has 2 heterocycles. The lowest BCUT2D eigenvalue weighted by Gasteiger charge is -2.39. The summed E-state index contributed by atoms with van der Waals surface area (Å²) < 4.78 is 12.7. The Labute approximate surface area is 204 Å². The molecule has 0 spiro atoms. The molecule has 0 aliphatic heterocycles. The lowest BCUT2D eigenvalue weighted by atomic mass is 9.64. The first-order chi connectivity index (χ1) is 17.2. The molecule has 4 aromatic rings. The largest absolute Gasteiger partial charge is 0.487 e. The molecule has 3 atom stereocenters. The predicted molar refractivity (Wildman–Crippen MR) is 133 cm³/mol. The number of pyridine rings is 1. The molecule has 2 aromatic carbocycles. The highest BCUT2D eigenvalue weighted by atomic mass is 16.5. The van der Waals surface area contributed by atoms with Crippen molar-refractivity contribution in [2.45, 2.75) is 51.2 Å². The highest BCUT2D eigenvalue weighted by Crippen LogP contribution is 2.60. The van der Waals surface area contributed by atoms with Crippen molar-refractivity contribution in [3.8, 4) is 17.2 Å². The fourth-order valence-corrected chi connectivity index (χ4v) is 6.23. The predicted octanol–water partition coefficient (Wildman–Crippen LogP) is 5.60. The smallest absolute Gasteiger partial charge is 0.437 e. The van der Waals surface area contributed by atoms with Crippen LogP contribution in [-0.2, 0) is 18.6 Å². The third-order valence-electron chi connectivity index (χ3n) is 7.88. The van der Waals surface area contributed by atoms with E-state index in [0.717, 1.165) is 22.9 Å². The van der Waals surface area contributed by atoms with Gasteiger partial charge in [0.25, 0.3) is 0 Å². The molecule has 6 heteroatoms. The number of ether oxygens (including phenoxy) is 1. The van der Waals surface area contributed by atoms with Crippen LogP contribution in [0.15, 0.2) is 82.1 Å². The van der Waals surface area contributed by atoms with Gasteiger partial charge in [0.2, 0.25) is 5.89 Å². The molecule has 0 N–H and O–H groups in total. The van der Waals surface area contributed by atoms with Crippen molar-refractivity contribution >= 4 is 0 Å². The number of rotatable bonds is 7. The first-order valence-electron chi connectivity index (χ1n) is 12.5. The molecule has 3 unspecified atom stereocenters. The first-order valence-corrected chi connectivity index (χ1v) is 12.5. The summed E-state index contributed by atoms with van der Waals surface area (Å²) in [6.45, 7) is 2.83. The van der Waals surface area contributed by atoms with Gasteiger partial charge in [0.15, 0.2) is 0 Å². The molecule has 2 aromatic heterocycles. The Hall–Kier alpha value is -3.67. The Balaban J connectivity index is 1.29. The van der Waals surface area contributed by atoms with Crippen molar-refractivity contribution in [1.29, 1.82) is 0 Å². The van der Waals surface area contributed by atoms with Gasteiger partial charge in [-0.1, -0.05) is 36.8 Å². The van der Waals surface area contributed by atoms with E-state index in [4.69, 9.17) is 9.15 Å². The molecule has 0 amide bonds. The first kappa shape index (κ1) is 21.8. The number of benzene rings is 2. The van der Waals surface area contributed by atoms with Gasteiger partial charge in [0.1, 0.15) is 12.4 Å². The zero-order valence-corrected chi connectivity index (χ0v) is 19.9. The van der Waals surface area contributed by atoms with Gasteiger partial charge >= 0.3 is 5.76 Å². The molecule has 0 saturated heterocycles. The van der Waals surface area contributed by atoms with E-state index in [1.807, 2.05) is 37.3 Å². The maximum absolute atomic E-state index is 11.9. The van der Waals surface area contributed by atoms with Crippen LogP contribution in [-0.4, -0.2) is 14.8 Å². The molecule has 2 bridgehead atoms.